The molecule has 0 aromatic carbocycles. The molecular formula is C12H16ClN5O2. The normalized spacial score (nSPS) is 10.8. The van der Waals surface area contributed by atoms with Crippen molar-refractivity contribution in [3.63, 3.8) is 0 Å². The van der Waals surface area contributed by atoms with E-state index >= 15 is 0 Å². The number of aryl methyl sites for hydroxylation is 2. The lowest BCUT2D eigenvalue weighted by atomic mass is 10.3. The monoisotopic (exact) mass is 297 g/mol. The van der Waals surface area contributed by atoms with E-state index in [1.54, 1.807) is 11.8 Å². The number of methoxy groups -OCH3 is 1. The summed E-state index contributed by atoms with van der Waals surface area (Å²) in [5.74, 6) is 0. The molecule has 2 rings (SSSR count). The first-order valence-corrected chi connectivity index (χ1v) is 6.42. The molecule has 0 aliphatic heterocycles. The quantitative estimate of drug-likeness (QED) is 0.901. The second kappa shape index (κ2) is 6.06. The van der Waals surface area contributed by atoms with Gasteiger partial charge in [0.2, 0.25) is 0 Å². The van der Waals surface area contributed by atoms with Crippen LogP contribution in [-0.2, 0) is 18.3 Å². The minimum Gasteiger partial charge on any atom is -0.383 e. The molecule has 0 bridgehead atoms. The highest BCUT2D eigenvalue weighted by molar-refractivity contribution is 6.33. The zero-order valence-corrected chi connectivity index (χ0v) is 12.3. The Bertz CT molecular complexity index is 664. The lowest BCUT2D eigenvalue weighted by molar-refractivity contribution is 0.182. The summed E-state index contributed by atoms with van der Waals surface area (Å²) in [5.41, 5.74) is 1.70. The van der Waals surface area contributed by atoms with Gasteiger partial charge in [-0.1, -0.05) is 11.6 Å². The molecule has 0 atom stereocenters. The van der Waals surface area contributed by atoms with Crippen LogP contribution in [0.2, 0.25) is 5.02 Å². The van der Waals surface area contributed by atoms with Crippen LogP contribution in [0.15, 0.2) is 17.2 Å². The van der Waals surface area contributed by atoms with Gasteiger partial charge in [-0.15, -0.1) is 0 Å². The summed E-state index contributed by atoms with van der Waals surface area (Å²) >= 11 is 6.08. The lowest BCUT2D eigenvalue weighted by Crippen LogP contribution is -2.25. The Morgan fingerprint density at radius 1 is 1.45 bits per heavy atom. The molecule has 0 aliphatic carbocycles. The highest BCUT2D eigenvalue weighted by Crippen LogP contribution is 2.22. The maximum Gasteiger partial charge on any atom is 0.287 e. The summed E-state index contributed by atoms with van der Waals surface area (Å²) in [6.07, 6.45) is 3.33. The molecule has 0 fully saturated rings. The summed E-state index contributed by atoms with van der Waals surface area (Å²) in [7, 11) is 3.38. The Morgan fingerprint density at radius 3 is 2.80 bits per heavy atom. The number of hydrogen-bond donors (Lipinski definition) is 1. The van der Waals surface area contributed by atoms with Crippen molar-refractivity contribution in [2.24, 2.45) is 7.05 Å². The summed E-state index contributed by atoms with van der Waals surface area (Å²) in [4.78, 5) is 12.0. The van der Waals surface area contributed by atoms with Crippen molar-refractivity contribution in [2.75, 3.05) is 19.0 Å². The van der Waals surface area contributed by atoms with Gasteiger partial charge in [0.1, 0.15) is 5.02 Å². The smallest absolute Gasteiger partial charge is 0.287 e. The fourth-order valence-electron chi connectivity index (χ4n) is 1.76. The zero-order valence-electron chi connectivity index (χ0n) is 11.6. The molecule has 0 saturated heterocycles. The van der Waals surface area contributed by atoms with E-state index in [-0.39, 0.29) is 10.6 Å². The summed E-state index contributed by atoms with van der Waals surface area (Å²) in [5, 5.41) is 11.4. The van der Waals surface area contributed by atoms with Crippen molar-refractivity contribution >= 4 is 23.0 Å². The minimum absolute atomic E-state index is 0.0966. The average Bonchev–Trinajstić information content (AvgIpc) is 2.72. The van der Waals surface area contributed by atoms with Crippen LogP contribution in [0.3, 0.4) is 0 Å². The number of aromatic nitrogens is 4. The highest BCUT2D eigenvalue weighted by Gasteiger charge is 2.11. The lowest BCUT2D eigenvalue weighted by Gasteiger charge is -2.09. The van der Waals surface area contributed by atoms with Crippen molar-refractivity contribution in [2.45, 2.75) is 13.5 Å². The van der Waals surface area contributed by atoms with Crippen LogP contribution < -0.4 is 10.9 Å². The van der Waals surface area contributed by atoms with E-state index in [1.807, 2.05) is 20.2 Å². The van der Waals surface area contributed by atoms with Crippen LogP contribution in [0.4, 0.5) is 11.4 Å². The van der Waals surface area contributed by atoms with Crippen molar-refractivity contribution in [1.29, 1.82) is 0 Å². The van der Waals surface area contributed by atoms with Gasteiger partial charge in [-0.2, -0.15) is 10.2 Å². The van der Waals surface area contributed by atoms with E-state index in [0.29, 0.717) is 18.8 Å². The molecule has 0 unspecified atom stereocenters. The number of rotatable bonds is 5. The van der Waals surface area contributed by atoms with E-state index in [9.17, 15) is 4.79 Å². The van der Waals surface area contributed by atoms with Crippen LogP contribution in [0.5, 0.6) is 0 Å². The molecule has 0 spiro atoms. The van der Waals surface area contributed by atoms with Gasteiger partial charge in [-0.25, -0.2) is 4.68 Å². The molecule has 0 amide bonds. The molecule has 0 radical (unpaired) electrons. The molecule has 8 heteroatoms. The third-order valence-electron chi connectivity index (χ3n) is 2.77. The molecule has 2 aromatic heterocycles. The Labute approximate surface area is 121 Å². The van der Waals surface area contributed by atoms with Crippen molar-refractivity contribution in [3.05, 3.63) is 33.5 Å². The van der Waals surface area contributed by atoms with Crippen molar-refractivity contribution < 1.29 is 4.74 Å². The third-order valence-corrected chi connectivity index (χ3v) is 3.14. The topological polar surface area (TPSA) is 74.0 Å². The van der Waals surface area contributed by atoms with E-state index in [1.165, 1.54) is 10.9 Å². The molecular weight excluding hydrogens is 282 g/mol. The van der Waals surface area contributed by atoms with Crippen LogP contribution in [0, 0.1) is 6.92 Å². The standard InChI is InChI=1S/C12H16ClN5O2/c1-8-10(7-17(2)16-8)15-9-6-14-18(4-5-20-3)12(19)11(9)13/h6-7,15H,4-5H2,1-3H3. The fourth-order valence-corrected chi connectivity index (χ4v) is 1.95. The van der Waals surface area contributed by atoms with Gasteiger partial charge in [0.25, 0.3) is 5.56 Å². The molecule has 2 aromatic rings. The zero-order chi connectivity index (χ0) is 14.7. The Hall–Kier alpha value is -1.86. The van der Waals surface area contributed by atoms with Crippen LogP contribution in [0.1, 0.15) is 5.69 Å². The fraction of sp³-hybridized carbons (Fsp3) is 0.417. The predicted molar refractivity (Wildman–Crippen MR) is 76.6 cm³/mol. The number of ether oxygens (including phenoxy) is 1. The van der Waals surface area contributed by atoms with Crippen LogP contribution >= 0.6 is 11.6 Å². The van der Waals surface area contributed by atoms with E-state index < -0.39 is 0 Å². The maximum absolute atomic E-state index is 12.0. The average molecular weight is 298 g/mol. The molecule has 1 N–H and O–H groups in total. The molecule has 108 valence electrons. The molecule has 2 heterocycles. The summed E-state index contributed by atoms with van der Waals surface area (Å²) in [6, 6.07) is 0. The first kappa shape index (κ1) is 14.5. The molecule has 20 heavy (non-hydrogen) atoms. The minimum atomic E-state index is -0.352. The predicted octanol–water partition coefficient (Wildman–Crippen LogP) is 1.33. The Kier molecular flexibility index (Phi) is 4.41. The molecule has 7 nitrogen and oxygen atoms in total. The van der Waals surface area contributed by atoms with Gasteiger partial charge in [0.15, 0.2) is 0 Å². The first-order valence-electron chi connectivity index (χ1n) is 6.04. The Morgan fingerprint density at radius 2 is 2.20 bits per heavy atom. The largest absolute Gasteiger partial charge is 0.383 e. The number of hydrogen-bond acceptors (Lipinski definition) is 5. The van der Waals surface area contributed by atoms with Gasteiger partial charge in [0.05, 0.1) is 36.4 Å². The summed E-state index contributed by atoms with van der Waals surface area (Å²) < 4.78 is 7.87. The van der Waals surface area contributed by atoms with Gasteiger partial charge in [-0.3, -0.25) is 9.48 Å². The van der Waals surface area contributed by atoms with E-state index in [2.05, 4.69) is 15.5 Å². The van der Waals surface area contributed by atoms with Crippen LogP contribution in [0.25, 0.3) is 0 Å². The van der Waals surface area contributed by atoms with E-state index in [4.69, 9.17) is 16.3 Å². The third kappa shape index (κ3) is 3.00. The second-order valence-electron chi connectivity index (χ2n) is 4.32. The highest BCUT2D eigenvalue weighted by atomic mass is 35.5. The molecule has 0 aliphatic rings. The number of nitrogens with zero attached hydrogens (tertiary/aromatic N) is 4. The Balaban J connectivity index is 2.28. The maximum atomic E-state index is 12.0. The summed E-state index contributed by atoms with van der Waals surface area (Å²) in [6.45, 7) is 2.63. The SMILES string of the molecule is COCCn1ncc(Nc2cn(C)nc2C)c(Cl)c1=O. The van der Waals surface area contributed by atoms with Gasteiger partial charge in [-0.05, 0) is 6.92 Å². The second-order valence-corrected chi connectivity index (χ2v) is 4.70. The van der Waals surface area contributed by atoms with Crippen molar-refractivity contribution in [3.8, 4) is 0 Å². The van der Waals surface area contributed by atoms with Gasteiger partial charge < -0.3 is 10.1 Å². The van der Waals surface area contributed by atoms with Gasteiger partial charge >= 0.3 is 0 Å². The molecule has 0 saturated carbocycles. The van der Waals surface area contributed by atoms with Crippen molar-refractivity contribution in [1.82, 2.24) is 19.6 Å². The number of anilines is 2. The first-order chi connectivity index (χ1) is 9.52. The number of nitrogens with one attached hydrogen (secondary N) is 1. The number of halogens is 1. The van der Waals surface area contributed by atoms with Gasteiger partial charge in [0, 0.05) is 20.4 Å². The van der Waals surface area contributed by atoms with Crippen LogP contribution in [-0.4, -0.2) is 33.3 Å². The van der Waals surface area contributed by atoms with E-state index in [0.717, 1.165) is 11.4 Å².